The van der Waals surface area contributed by atoms with Gasteiger partial charge in [-0.15, -0.1) is 0 Å². The van der Waals surface area contributed by atoms with Crippen molar-refractivity contribution in [2.45, 2.75) is 64.3 Å². The lowest BCUT2D eigenvalue weighted by Gasteiger charge is -2.32. The average molecular weight is 517 g/mol. The molecule has 2 amide bonds. The molecule has 2 fully saturated rings. The number of fused-ring (bicyclic) bond motifs is 1. The minimum atomic E-state index is -0.0881. The Morgan fingerprint density at radius 1 is 1.00 bits per heavy atom. The Morgan fingerprint density at radius 3 is 2.45 bits per heavy atom. The third kappa shape index (κ3) is 5.93. The van der Waals surface area contributed by atoms with Gasteiger partial charge in [-0.1, -0.05) is 31.4 Å². The molecule has 0 bridgehead atoms. The second-order valence-corrected chi connectivity index (χ2v) is 11.0. The van der Waals surface area contributed by atoms with Crippen molar-refractivity contribution in [2.75, 3.05) is 33.4 Å². The molecule has 1 saturated carbocycles. The van der Waals surface area contributed by atoms with Crippen LogP contribution in [0.15, 0.2) is 42.6 Å². The normalized spacial score (nSPS) is 17.2. The SMILES string of the molecule is COCCNC(=O)c1ccc2nn(CC3CCN(C(=O)c4ccc(C5CCCCC5)cc4)CC3)cc2c1C. The van der Waals surface area contributed by atoms with Gasteiger partial charge in [0.1, 0.15) is 0 Å². The number of aromatic nitrogens is 2. The van der Waals surface area contributed by atoms with E-state index >= 15 is 0 Å². The number of carbonyl (C=O) groups is 2. The lowest BCUT2D eigenvalue weighted by Crippen LogP contribution is -2.39. The van der Waals surface area contributed by atoms with Crippen LogP contribution < -0.4 is 5.32 Å². The molecule has 0 radical (unpaired) electrons. The van der Waals surface area contributed by atoms with Gasteiger partial charge in [-0.25, -0.2) is 0 Å². The Morgan fingerprint density at radius 2 is 1.74 bits per heavy atom. The predicted molar refractivity (Wildman–Crippen MR) is 150 cm³/mol. The van der Waals surface area contributed by atoms with Gasteiger partial charge in [0.25, 0.3) is 11.8 Å². The van der Waals surface area contributed by atoms with Crippen LogP contribution in [-0.2, 0) is 11.3 Å². The quantitative estimate of drug-likeness (QED) is 0.411. The average Bonchev–Trinajstić information content (AvgIpc) is 3.37. The van der Waals surface area contributed by atoms with Crippen LogP contribution in [0.5, 0.6) is 0 Å². The zero-order valence-electron chi connectivity index (χ0n) is 22.7. The highest BCUT2D eigenvalue weighted by Gasteiger charge is 2.25. The van der Waals surface area contributed by atoms with Crippen molar-refractivity contribution in [1.82, 2.24) is 20.0 Å². The lowest BCUT2D eigenvalue weighted by atomic mass is 9.84. The number of aryl methyl sites for hydroxylation is 1. The summed E-state index contributed by atoms with van der Waals surface area (Å²) in [6.07, 6.45) is 10.5. The third-order valence-electron chi connectivity index (χ3n) is 8.42. The van der Waals surface area contributed by atoms with Gasteiger partial charge in [0.2, 0.25) is 0 Å². The molecule has 2 heterocycles. The van der Waals surface area contributed by atoms with Gasteiger partial charge in [0, 0.05) is 56.0 Å². The molecule has 0 unspecified atom stereocenters. The minimum Gasteiger partial charge on any atom is -0.383 e. The molecule has 2 aromatic carbocycles. The van der Waals surface area contributed by atoms with E-state index in [1.165, 1.54) is 37.7 Å². The van der Waals surface area contributed by atoms with Crippen LogP contribution in [0.25, 0.3) is 10.9 Å². The van der Waals surface area contributed by atoms with Crippen molar-refractivity contribution >= 4 is 22.7 Å². The number of nitrogens with zero attached hydrogens (tertiary/aromatic N) is 3. The Hall–Kier alpha value is -3.19. The van der Waals surface area contributed by atoms with Crippen molar-refractivity contribution in [1.29, 1.82) is 0 Å². The topological polar surface area (TPSA) is 76.5 Å². The number of nitrogens with one attached hydrogen (secondary N) is 1. The summed E-state index contributed by atoms with van der Waals surface area (Å²) in [6, 6.07) is 12.2. The second kappa shape index (κ2) is 12.1. The first-order valence-corrected chi connectivity index (χ1v) is 14.2. The first-order chi connectivity index (χ1) is 18.5. The number of methoxy groups -OCH3 is 1. The van der Waals surface area contributed by atoms with Crippen molar-refractivity contribution in [3.8, 4) is 0 Å². The molecular weight excluding hydrogens is 476 g/mol. The molecule has 5 rings (SSSR count). The first kappa shape index (κ1) is 26.4. The molecule has 1 saturated heterocycles. The van der Waals surface area contributed by atoms with Crippen LogP contribution in [0.3, 0.4) is 0 Å². The molecule has 1 N–H and O–H groups in total. The maximum Gasteiger partial charge on any atom is 0.253 e. The summed E-state index contributed by atoms with van der Waals surface area (Å²) in [5, 5.41) is 8.68. The molecule has 1 aromatic heterocycles. The summed E-state index contributed by atoms with van der Waals surface area (Å²) in [5.41, 5.74) is 4.71. The van der Waals surface area contributed by atoms with Gasteiger partial charge in [-0.05, 0) is 79.8 Å². The molecule has 0 atom stereocenters. The number of hydrogen-bond acceptors (Lipinski definition) is 4. The fraction of sp³-hybridized carbons (Fsp3) is 0.516. The molecule has 7 heteroatoms. The second-order valence-electron chi connectivity index (χ2n) is 11.0. The molecule has 2 aliphatic rings. The van der Waals surface area contributed by atoms with E-state index in [0.29, 0.717) is 30.6 Å². The van der Waals surface area contributed by atoms with Crippen LogP contribution >= 0.6 is 0 Å². The van der Waals surface area contributed by atoms with Crippen LogP contribution in [-0.4, -0.2) is 59.8 Å². The number of rotatable bonds is 8. The van der Waals surface area contributed by atoms with Crippen molar-refractivity contribution in [2.24, 2.45) is 5.92 Å². The molecule has 202 valence electrons. The number of likely N-dealkylation sites (tertiary alicyclic amines) is 1. The van der Waals surface area contributed by atoms with Crippen molar-refractivity contribution in [3.05, 3.63) is 64.8 Å². The van der Waals surface area contributed by atoms with E-state index < -0.39 is 0 Å². The minimum absolute atomic E-state index is 0.0881. The third-order valence-corrected chi connectivity index (χ3v) is 8.42. The van der Waals surface area contributed by atoms with E-state index in [1.54, 1.807) is 7.11 Å². The largest absolute Gasteiger partial charge is 0.383 e. The number of carbonyl (C=O) groups excluding carboxylic acids is 2. The maximum absolute atomic E-state index is 13.1. The number of ether oxygens (including phenoxy) is 1. The van der Waals surface area contributed by atoms with Gasteiger partial charge in [-0.2, -0.15) is 5.10 Å². The number of piperidine rings is 1. The standard InChI is InChI=1S/C31H40N4O3/c1-22-27(30(36)32-16-19-38-2)12-13-29-28(22)21-35(33-29)20-23-14-17-34(18-15-23)31(37)26-10-8-25(9-11-26)24-6-4-3-5-7-24/h8-13,21,23-24H,3-7,14-20H2,1-2H3,(H,32,36). The Kier molecular flexibility index (Phi) is 8.42. The summed E-state index contributed by atoms with van der Waals surface area (Å²) >= 11 is 0. The van der Waals surface area contributed by atoms with E-state index in [2.05, 4.69) is 23.6 Å². The molecule has 0 spiro atoms. The van der Waals surface area contributed by atoms with Crippen LogP contribution in [0.4, 0.5) is 0 Å². The lowest BCUT2D eigenvalue weighted by molar-refractivity contribution is 0.0681. The van der Waals surface area contributed by atoms with Gasteiger partial charge in [0.05, 0.1) is 12.1 Å². The zero-order valence-corrected chi connectivity index (χ0v) is 22.7. The highest BCUT2D eigenvalue weighted by molar-refractivity contribution is 6.00. The van der Waals surface area contributed by atoms with E-state index in [4.69, 9.17) is 9.84 Å². The van der Waals surface area contributed by atoms with Gasteiger partial charge in [0.15, 0.2) is 0 Å². The molecular formula is C31H40N4O3. The Labute approximate surface area is 225 Å². The fourth-order valence-corrected chi connectivity index (χ4v) is 6.08. The van der Waals surface area contributed by atoms with Gasteiger partial charge >= 0.3 is 0 Å². The molecule has 38 heavy (non-hydrogen) atoms. The number of hydrogen-bond donors (Lipinski definition) is 1. The molecule has 7 nitrogen and oxygen atoms in total. The Bertz CT molecular complexity index is 1250. The van der Waals surface area contributed by atoms with Crippen LogP contribution in [0, 0.1) is 12.8 Å². The smallest absolute Gasteiger partial charge is 0.253 e. The van der Waals surface area contributed by atoms with E-state index in [1.807, 2.05) is 40.8 Å². The summed E-state index contributed by atoms with van der Waals surface area (Å²) in [7, 11) is 1.62. The van der Waals surface area contributed by atoms with Crippen LogP contribution in [0.1, 0.15) is 82.7 Å². The fourth-order valence-electron chi connectivity index (χ4n) is 6.08. The van der Waals surface area contributed by atoms with Crippen LogP contribution in [0.2, 0.25) is 0 Å². The summed E-state index contributed by atoms with van der Waals surface area (Å²) in [5.74, 6) is 1.19. The highest BCUT2D eigenvalue weighted by atomic mass is 16.5. The highest BCUT2D eigenvalue weighted by Crippen LogP contribution is 2.33. The zero-order chi connectivity index (χ0) is 26.5. The number of amides is 2. The number of benzene rings is 2. The summed E-state index contributed by atoms with van der Waals surface area (Å²) in [6.45, 7) is 5.33. The van der Waals surface area contributed by atoms with E-state index in [0.717, 1.165) is 54.5 Å². The summed E-state index contributed by atoms with van der Waals surface area (Å²) < 4.78 is 7.03. The van der Waals surface area contributed by atoms with Crippen molar-refractivity contribution in [3.63, 3.8) is 0 Å². The Balaban J connectivity index is 1.16. The van der Waals surface area contributed by atoms with E-state index in [-0.39, 0.29) is 11.8 Å². The molecule has 1 aliphatic heterocycles. The predicted octanol–water partition coefficient (Wildman–Crippen LogP) is 5.32. The summed E-state index contributed by atoms with van der Waals surface area (Å²) in [4.78, 5) is 27.7. The monoisotopic (exact) mass is 516 g/mol. The van der Waals surface area contributed by atoms with E-state index in [9.17, 15) is 9.59 Å². The van der Waals surface area contributed by atoms with Gasteiger partial charge in [-0.3, -0.25) is 14.3 Å². The van der Waals surface area contributed by atoms with Crippen molar-refractivity contribution < 1.29 is 14.3 Å². The molecule has 1 aliphatic carbocycles. The molecule has 3 aromatic rings. The first-order valence-electron chi connectivity index (χ1n) is 14.2. The van der Waals surface area contributed by atoms with Gasteiger partial charge < -0.3 is 15.0 Å². The maximum atomic E-state index is 13.1.